The molecule has 2 aromatic heterocycles. The van der Waals surface area contributed by atoms with Crippen LogP contribution in [0, 0.1) is 0 Å². The summed E-state index contributed by atoms with van der Waals surface area (Å²) >= 11 is 0. The van der Waals surface area contributed by atoms with E-state index in [0.717, 1.165) is 29.8 Å². The lowest BCUT2D eigenvalue weighted by Crippen LogP contribution is -2.13. The number of carbonyl (C=O) groups excluding carboxylic acids is 2. The standard InChI is InChI=1S/C25H20F3N3O4/c1-3-34-24(33)20-13-18-19(31(20)2)5-4-6-21(18)35-22-12-11-17(14-29-22)30-23(32)15-7-9-16(10-8-15)25(26,27)28/h4-14H,3H2,1-2H3,(H,30,32). The van der Waals surface area contributed by atoms with Gasteiger partial charge in [0.05, 0.1) is 29.6 Å². The van der Waals surface area contributed by atoms with Crippen molar-refractivity contribution in [2.24, 2.45) is 7.05 Å². The first-order valence-corrected chi connectivity index (χ1v) is 10.6. The zero-order valence-electron chi connectivity index (χ0n) is 18.7. The van der Waals surface area contributed by atoms with E-state index in [9.17, 15) is 22.8 Å². The number of amides is 1. The lowest BCUT2D eigenvalue weighted by molar-refractivity contribution is -0.137. The highest BCUT2D eigenvalue weighted by Gasteiger charge is 2.30. The number of anilines is 1. The highest BCUT2D eigenvalue weighted by Crippen LogP contribution is 2.32. The summed E-state index contributed by atoms with van der Waals surface area (Å²) < 4.78 is 50.8. The first-order chi connectivity index (χ1) is 16.7. The smallest absolute Gasteiger partial charge is 0.416 e. The molecule has 0 fully saturated rings. The Morgan fingerprint density at radius 3 is 2.43 bits per heavy atom. The quantitative estimate of drug-likeness (QED) is 0.350. The SMILES string of the molecule is CCOC(=O)c1cc2c(Oc3ccc(NC(=O)c4ccc(C(F)(F)F)cc4)cn3)cccc2n1C. The molecular formula is C25H20F3N3O4. The van der Waals surface area contributed by atoms with Gasteiger partial charge in [-0.2, -0.15) is 13.2 Å². The van der Waals surface area contributed by atoms with E-state index in [1.165, 1.54) is 12.3 Å². The number of hydrogen-bond acceptors (Lipinski definition) is 5. The molecule has 0 unspecified atom stereocenters. The molecule has 0 aliphatic carbocycles. The summed E-state index contributed by atoms with van der Waals surface area (Å²) in [7, 11) is 1.75. The molecule has 0 bridgehead atoms. The average Bonchev–Trinajstić information content (AvgIpc) is 3.17. The van der Waals surface area contributed by atoms with E-state index in [2.05, 4.69) is 10.3 Å². The average molecular weight is 483 g/mol. The van der Waals surface area contributed by atoms with Crippen LogP contribution < -0.4 is 10.1 Å². The molecule has 10 heteroatoms. The van der Waals surface area contributed by atoms with Gasteiger partial charge in [-0.05, 0) is 55.5 Å². The number of halogens is 3. The number of fused-ring (bicyclic) bond motifs is 1. The third kappa shape index (κ3) is 5.11. The predicted molar refractivity (Wildman–Crippen MR) is 123 cm³/mol. The second-order valence-electron chi connectivity index (χ2n) is 7.51. The summed E-state index contributed by atoms with van der Waals surface area (Å²) in [5, 5.41) is 3.27. The van der Waals surface area contributed by atoms with Gasteiger partial charge in [-0.3, -0.25) is 4.79 Å². The number of pyridine rings is 1. The van der Waals surface area contributed by atoms with Crippen LogP contribution in [-0.2, 0) is 18.0 Å². The van der Waals surface area contributed by atoms with Crippen LogP contribution in [0.4, 0.5) is 18.9 Å². The molecule has 0 spiro atoms. The molecule has 35 heavy (non-hydrogen) atoms. The molecule has 0 saturated heterocycles. The Labute approximate surface area is 198 Å². The Morgan fingerprint density at radius 2 is 1.80 bits per heavy atom. The summed E-state index contributed by atoms with van der Waals surface area (Å²) in [5.74, 6) is -0.299. The number of hydrogen-bond donors (Lipinski definition) is 1. The minimum Gasteiger partial charge on any atom is -0.461 e. The molecule has 0 aliphatic heterocycles. The van der Waals surface area contributed by atoms with Crippen LogP contribution in [0.3, 0.4) is 0 Å². The van der Waals surface area contributed by atoms with Crippen LogP contribution in [0.5, 0.6) is 11.6 Å². The number of ether oxygens (including phenoxy) is 2. The number of alkyl halides is 3. The monoisotopic (exact) mass is 483 g/mol. The summed E-state index contributed by atoms with van der Waals surface area (Å²) in [5.41, 5.74) is 0.731. The number of aryl methyl sites for hydroxylation is 1. The number of rotatable bonds is 6. The van der Waals surface area contributed by atoms with Crippen molar-refractivity contribution in [3.63, 3.8) is 0 Å². The summed E-state index contributed by atoms with van der Waals surface area (Å²) in [6.07, 6.45) is -3.11. The van der Waals surface area contributed by atoms with E-state index in [-0.39, 0.29) is 18.1 Å². The van der Waals surface area contributed by atoms with Gasteiger partial charge >= 0.3 is 12.1 Å². The zero-order valence-corrected chi connectivity index (χ0v) is 18.7. The van der Waals surface area contributed by atoms with Gasteiger partial charge in [-0.15, -0.1) is 0 Å². The molecule has 7 nitrogen and oxygen atoms in total. The Hall–Kier alpha value is -4.34. The molecule has 2 heterocycles. The minimum absolute atomic E-state index is 0.0754. The fraction of sp³-hybridized carbons (Fsp3) is 0.160. The molecule has 180 valence electrons. The Balaban J connectivity index is 1.48. The van der Waals surface area contributed by atoms with Gasteiger partial charge in [-0.1, -0.05) is 6.07 Å². The van der Waals surface area contributed by atoms with Gasteiger partial charge in [0.15, 0.2) is 0 Å². The van der Waals surface area contributed by atoms with Gasteiger partial charge < -0.3 is 19.4 Å². The molecule has 0 radical (unpaired) electrons. The third-order valence-corrected chi connectivity index (χ3v) is 5.21. The number of benzene rings is 2. The first-order valence-electron chi connectivity index (χ1n) is 10.6. The van der Waals surface area contributed by atoms with Crippen LogP contribution in [0.2, 0.25) is 0 Å². The molecular weight excluding hydrogens is 463 g/mol. The Morgan fingerprint density at radius 1 is 1.06 bits per heavy atom. The number of nitrogens with zero attached hydrogens (tertiary/aromatic N) is 2. The normalized spacial score (nSPS) is 11.3. The molecule has 2 aromatic carbocycles. The second-order valence-corrected chi connectivity index (χ2v) is 7.51. The lowest BCUT2D eigenvalue weighted by atomic mass is 10.1. The maximum atomic E-state index is 12.7. The Kier molecular flexibility index (Phi) is 6.46. The van der Waals surface area contributed by atoms with E-state index in [4.69, 9.17) is 9.47 Å². The van der Waals surface area contributed by atoms with Crippen molar-refractivity contribution in [1.29, 1.82) is 0 Å². The summed E-state index contributed by atoms with van der Waals surface area (Å²) in [6, 6.07) is 14.0. The molecule has 0 aliphatic rings. The molecule has 4 rings (SSSR count). The van der Waals surface area contributed by atoms with E-state index < -0.39 is 23.6 Å². The van der Waals surface area contributed by atoms with Crippen molar-refractivity contribution in [2.75, 3.05) is 11.9 Å². The zero-order chi connectivity index (χ0) is 25.2. The molecule has 0 atom stereocenters. The van der Waals surface area contributed by atoms with Crippen molar-refractivity contribution in [2.45, 2.75) is 13.1 Å². The van der Waals surface area contributed by atoms with Crippen LogP contribution in [0.1, 0.15) is 33.3 Å². The summed E-state index contributed by atoms with van der Waals surface area (Å²) in [6.45, 7) is 1.99. The van der Waals surface area contributed by atoms with Crippen molar-refractivity contribution >= 4 is 28.5 Å². The largest absolute Gasteiger partial charge is 0.461 e. The number of carbonyl (C=O) groups is 2. The summed E-state index contributed by atoms with van der Waals surface area (Å²) in [4.78, 5) is 28.7. The fourth-order valence-corrected chi connectivity index (χ4v) is 3.46. The predicted octanol–water partition coefficient (Wildman–Crippen LogP) is 5.81. The molecule has 4 aromatic rings. The van der Waals surface area contributed by atoms with Crippen LogP contribution in [0.15, 0.2) is 66.9 Å². The number of esters is 1. The van der Waals surface area contributed by atoms with Gasteiger partial charge in [0.1, 0.15) is 11.4 Å². The van der Waals surface area contributed by atoms with Crippen molar-refractivity contribution in [3.05, 3.63) is 83.7 Å². The third-order valence-electron chi connectivity index (χ3n) is 5.21. The highest BCUT2D eigenvalue weighted by molar-refractivity contribution is 6.04. The maximum Gasteiger partial charge on any atom is 0.416 e. The molecule has 1 amide bonds. The van der Waals surface area contributed by atoms with Gasteiger partial charge in [0, 0.05) is 24.1 Å². The minimum atomic E-state index is -4.47. The fourth-order valence-electron chi connectivity index (χ4n) is 3.46. The van der Waals surface area contributed by atoms with Gasteiger partial charge in [0.25, 0.3) is 5.91 Å². The van der Waals surface area contributed by atoms with Crippen LogP contribution in [-0.4, -0.2) is 28.0 Å². The van der Waals surface area contributed by atoms with E-state index in [1.807, 2.05) is 6.07 Å². The van der Waals surface area contributed by atoms with Crippen molar-refractivity contribution in [3.8, 4) is 11.6 Å². The number of aromatic nitrogens is 2. The molecule has 0 saturated carbocycles. The van der Waals surface area contributed by atoms with Gasteiger partial charge in [0.2, 0.25) is 5.88 Å². The number of nitrogens with one attached hydrogen (secondary N) is 1. The maximum absolute atomic E-state index is 12.7. The van der Waals surface area contributed by atoms with Crippen molar-refractivity contribution in [1.82, 2.24) is 9.55 Å². The lowest BCUT2D eigenvalue weighted by Gasteiger charge is -2.09. The first kappa shape index (κ1) is 23.8. The second kappa shape index (κ2) is 9.49. The van der Waals surface area contributed by atoms with Crippen LogP contribution in [0.25, 0.3) is 10.9 Å². The topological polar surface area (TPSA) is 82.4 Å². The Bertz CT molecular complexity index is 1380. The van der Waals surface area contributed by atoms with Crippen molar-refractivity contribution < 1.29 is 32.2 Å². The highest BCUT2D eigenvalue weighted by atomic mass is 19.4. The van der Waals surface area contributed by atoms with E-state index in [1.54, 1.807) is 42.8 Å². The van der Waals surface area contributed by atoms with E-state index in [0.29, 0.717) is 22.5 Å². The van der Waals surface area contributed by atoms with Gasteiger partial charge in [-0.25, -0.2) is 9.78 Å². The van der Waals surface area contributed by atoms with E-state index >= 15 is 0 Å². The molecule has 1 N–H and O–H groups in total. The van der Waals surface area contributed by atoms with Crippen LogP contribution >= 0.6 is 0 Å².